The third-order valence-electron chi connectivity index (χ3n) is 6.87. The summed E-state index contributed by atoms with van der Waals surface area (Å²) < 4.78 is 4.88. The highest BCUT2D eigenvalue weighted by molar-refractivity contribution is 6.05. The Hall–Kier alpha value is -4.32. The van der Waals surface area contributed by atoms with Crippen LogP contribution < -0.4 is 11.2 Å². The van der Waals surface area contributed by atoms with Crippen molar-refractivity contribution in [1.82, 2.24) is 14.9 Å². The Balaban J connectivity index is 1.43. The van der Waals surface area contributed by atoms with E-state index in [2.05, 4.69) is 20.3 Å². The number of rotatable bonds is 7. The van der Waals surface area contributed by atoms with Gasteiger partial charge in [-0.05, 0) is 56.5 Å². The molecule has 11 heteroatoms. The predicted octanol–water partition coefficient (Wildman–Crippen LogP) is 2.84. The number of anilines is 1. The number of carbonyl (C=O) groups excluding carboxylic acids is 2. The minimum atomic E-state index is -0.320. The van der Waals surface area contributed by atoms with Crippen molar-refractivity contribution >= 4 is 29.8 Å². The van der Waals surface area contributed by atoms with Gasteiger partial charge in [0.1, 0.15) is 11.9 Å². The molecular formula is C28H31N8O3+. The highest BCUT2D eigenvalue weighted by Crippen LogP contribution is 2.36. The number of aryl methyl sites for hydroxylation is 1. The normalized spacial score (nSPS) is 22.3. The number of aromatic nitrogens is 2. The number of carbonyl (C=O) groups is 2. The number of quaternary nitrogens is 1. The number of likely N-dealkylation sites (tertiary alicyclic amines) is 1. The molecule has 0 saturated carbocycles. The van der Waals surface area contributed by atoms with Crippen molar-refractivity contribution in [3.05, 3.63) is 89.3 Å². The quantitative estimate of drug-likeness (QED) is 0.323. The maximum Gasteiger partial charge on any atom is 0.264 e. The first-order valence-corrected chi connectivity index (χ1v) is 12.8. The van der Waals surface area contributed by atoms with Crippen LogP contribution in [0.25, 0.3) is 0 Å². The lowest BCUT2D eigenvalue weighted by atomic mass is 9.98. The highest BCUT2D eigenvalue weighted by atomic mass is 16.5. The van der Waals surface area contributed by atoms with Gasteiger partial charge in [-0.15, -0.1) is 4.59 Å². The number of aliphatic imine (C=N–C) groups is 2. The second-order valence-corrected chi connectivity index (χ2v) is 9.51. The van der Waals surface area contributed by atoms with Crippen LogP contribution in [-0.2, 0) is 9.53 Å². The summed E-state index contributed by atoms with van der Waals surface area (Å²) in [7, 11) is 1.59. The fourth-order valence-corrected chi connectivity index (χ4v) is 4.93. The third-order valence-corrected chi connectivity index (χ3v) is 6.87. The molecule has 0 radical (unpaired) electrons. The monoisotopic (exact) mass is 527 g/mol. The molecule has 11 nitrogen and oxygen atoms in total. The van der Waals surface area contributed by atoms with E-state index in [0.717, 1.165) is 41.9 Å². The molecule has 0 spiro atoms. The number of nitrogens with one attached hydrogen (secondary N) is 1. The molecule has 200 valence electrons. The van der Waals surface area contributed by atoms with Crippen molar-refractivity contribution in [3.8, 4) is 0 Å². The number of nitrogens with two attached hydrogens (primary N) is 1. The van der Waals surface area contributed by atoms with Gasteiger partial charge in [-0.3, -0.25) is 19.9 Å². The molecule has 2 aromatic rings. The Morgan fingerprint density at radius 1 is 1.23 bits per heavy atom. The molecule has 1 fully saturated rings. The number of ether oxygens (including phenoxy) is 1. The van der Waals surface area contributed by atoms with Gasteiger partial charge >= 0.3 is 0 Å². The first-order chi connectivity index (χ1) is 18.9. The molecule has 0 aliphatic carbocycles. The molecule has 1 saturated heterocycles. The number of methoxy groups -OCH3 is 1. The zero-order valence-electron chi connectivity index (χ0n) is 21.9. The first kappa shape index (κ1) is 26.3. The second-order valence-electron chi connectivity index (χ2n) is 9.51. The van der Waals surface area contributed by atoms with Gasteiger partial charge in [-0.25, -0.2) is 9.97 Å². The molecule has 3 aliphatic rings. The van der Waals surface area contributed by atoms with E-state index in [9.17, 15) is 9.59 Å². The number of allylic oxidation sites excluding steroid dienone is 1. The van der Waals surface area contributed by atoms with E-state index in [1.807, 2.05) is 24.0 Å². The van der Waals surface area contributed by atoms with Crippen LogP contribution in [0.1, 0.15) is 40.9 Å². The number of piperidine rings is 1. The number of amidine groups is 1. The van der Waals surface area contributed by atoms with Crippen molar-refractivity contribution < 1.29 is 18.9 Å². The molecule has 1 aromatic heterocycles. The molecule has 2 unspecified atom stereocenters. The number of amides is 2. The fraction of sp³-hybridized carbons (Fsp3) is 0.286. The summed E-state index contributed by atoms with van der Waals surface area (Å²) in [5.41, 5.74) is 3.40. The van der Waals surface area contributed by atoms with Gasteiger partial charge in [-0.1, -0.05) is 6.08 Å². The van der Waals surface area contributed by atoms with E-state index in [4.69, 9.17) is 15.6 Å². The zero-order chi connectivity index (χ0) is 27.4. The molecule has 3 N–H and O–H groups in total. The van der Waals surface area contributed by atoms with Crippen molar-refractivity contribution in [2.45, 2.75) is 32.2 Å². The molecule has 4 heterocycles. The summed E-state index contributed by atoms with van der Waals surface area (Å²) in [6.45, 7) is 2.83. The Kier molecular flexibility index (Phi) is 7.55. The summed E-state index contributed by atoms with van der Waals surface area (Å²) in [6.07, 6.45) is 12.7. The van der Waals surface area contributed by atoms with Gasteiger partial charge in [0.2, 0.25) is 17.6 Å². The van der Waals surface area contributed by atoms with E-state index in [1.165, 1.54) is 0 Å². The maximum absolute atomic E-state index is 13.1. The van der Waals surface area contributed by atoms with E-state index < -0.39 is 0 Å². The van der Waals surface area contributed by atoms with E-state index in [-0.39, 0.29) is 28.4 Å². The second kappa shape index (κ2) is 11.2. The summed E-state index contributed by atoms with van der Waals surface area (Å²) >= 11 is 0. The van der Waals surface area contributed by atoms with Gasteiger partial charge in [0, 0.05) is 37.2 Å². The Labute approximate surface area is 226 Å². The lowest BCUT2D eigenvalue weighted by Crippen LogP contribution is -2.53. The van der Waals surface area contributed by atoms with Crippen LogP contribution in [0, 0.1) is 6.92 Å². The van der Waals surface area contributed by atoms with Crippen LogP contribution >= 0.6 is 0 Å². The average molecular weight is 528 g/mol. The van der Waals surface area contributed by atoms with Crippen LogP contribution in [0.2, 0.25) is 0 Å². The molecule has 1 aromatic carbocycles. The number of fused-ring (bicyclic) bond motifs is 1. The molecule has 0 bridgehead atoms. The summed E-state index contributed by atoms with van der Waals surface area (Å²) in [4.78, 5) is 45.3. The largest absolute Gasteiger partial charge is 0.381 e. The van der Waals surface area contributed by atoms with Crippen molar-refractivity contribution in [2.24, 2.45) is 15.8 Å². The number of hydrogen-bond donors (Lipinski definition) is 2. The topological polar surface area (TPSA) is 135 Å². The predicted molar refractivity (Wildman–Crippen MR) is 147 cm³/mol. The van der Waals surface area contributed by atoms with Crippen molar-refractivity contribution in [3.63, 3.8) is 0 Å². The van der Waals surface area contributed by atoms with Gasteiger partial charge in [0.25, 0.3) is 11.7 Å². The summed E-state index contributed by atoms with van der Waals surface area (Å²) in [6, 6.07) is 8.58. The minimum Gasteiger partial charge on any atom is -0.381 e. The van der Waals surface area contributed by atoms with Crippen molar-refractivity contribution in [2.75, 3.05) is 25.6 Å². The molecular weight excluding hydrogens is 496 g/mol. The smallest absolute Gasteiger partial charge is 0.264 e. The minimum absolute atomic E-state index is 0.0835. The number of benzene rings is 1. The Bertz CT molecular complexity index is 1430. The van der Waals surface area contributed by atoms with Crippen LogP contribution in [0.5, 0.6) is 0 Å². The van der Waals surface area contributed by atoms with Crippen LogP contribution in [0.15, 0.2) is 82.5 Å². The summed E-state index contributed by atoms with van der Waals surface area (Å²) in [5, 5.41) is 2.72. The van der Waals surface area contributed by atoms with Gasteiger partial charge in [-0.2, -0.15) is 10.8 Å². The molecule has 39 heavy (non-hydrogen) atoms. The maximum atomic E-state index is 13.1. The van der Waals surface area contributed by atoms with E-state index >= 15 is 0 Å². The Morgan fingerprint density at radius 3 is 2.82 bits per heavy atom. The van der Waals surface area contributed by atoms with Crippen molar-refractivity contribution in [1.29, 1.82) is 0 Å². The van der Waals surface area contributed by atoms with Crippen LogP contribution in [-0.4, -0.2) is 69.6 Å². The molecule has 5 rings (SSSR count). The highest BCUT2D eigenvalue weighted by Gasteiger charge is 2.47. The molecule has 3 aliphatic heterocycles. The zero-order valence-corrected chi connectivity index (χ0v) is 21.9. The van der Waals surface area contributed by atoms with Gasteiger partial charge in [0.05, 0.1) is 30.6 Å². The lowest BCUT2D eigenvalue weighted by molar-refractivity contribution is -0.750. The van der Waals surface area contributed by atoms with Gasteiger partial charge in [0.15, 0.2) is 0 Å². The first-order valence-electron chi connectivity index (χ1n) is 12.8. The lowest BCUT2D eigenvalue weighted by Gasteiger charge is -2.35. The fourth-order valence-electron chi connectivity index (χ4n) is 4.93. The van der Waals surface area contributed by atoms with E-state index in [0.29, 0.717) is 24.6 Å². The third kappa shape index (κ3) is 5.32. The van der Waals surface area contributed by atoms with Crippen LogP contribution in [0.3, 0.4) is 0 Å². The summed E-state index contributed by atoms with van der Waals surface area (Å²) in [5.74, 6) is 7.34. The molecule has 2 amide bonds. The SMILES string of the molecule is COC/C=C/C(=O)N1CCCCC1C1=C2C=NC=C[N+]2(N)C(c2ccc(C(=O)Nc3nccc(C)n3)cc2)=N1. The number of nitrogens with zero attached hydrogens (tertiary/aromatic N) is 6. The number of hydrogen-bond acceptors (Lipinski definition) is 8. The van der Waals surface area contributed by atoms with Gasteiger partial charge < -0.3 is 9.64 Å². The average Bonchev–Trinajstić information content (AvgIpc) is 3.26. The molecule has 2 atom stereocenters. The Morgan fingerprint density at radius 2 is 2.05 bits per heavy atom. The van der Waals surface area contributed by atoms with Crippen LogP contribution in [0.4, 0.5) is 5.95 Å². The standard InChI is InChI=1S/C28H30N8O3/c1-19-12-13-31-28(32-19)34-27(38)21-10-8-20(9-11-21)26-33-25(23-18-30-14-16-36(23,26)29)22-6-3-4-15-35(22)24(37)7-5-17-39-2/h5,7-14,16,18,22H,3-4,6,15,17,29H2,1-2H3/p+1/b7-5+. The van der Waals surface area contributed by atoms with E-state index in [1.54, 1.807) is 62.3 Å².